The van der Waals surface area contributed by atoms with Gasteiger partial charge in [0.15, 0.2) is 0 Å². The van der Waals surface area contributed by atoms with Crippen molar-refractivity contribution in [1.29, 1.82) is 0 Å². The number of amides is 2. The molecule has 3 aromatic rings. The van der Waals surface area contributed by atoms with Gasteiger partial charge in [0.1, 0.15) is 11.5 Å². The fraction of sp³-hybridized carbons (Fsp3) is 0.174. The second kappa shape index (κ2) is 8.24. The van der Waals surface area contributed by atoms with Gasteiger partial charge >= 0.3 is 6.09 Å². The van der Waals surface area contributed by atoms with Crippen LogP contribution in [0, 0.1) is 6.92 Å². The Hall–Kier alpha value is -3.87. The molecule has 0 aliphatic heterocycles. The van der Waals surface area contributed by atoms with Crippen LogP contribution < -0.4 is 16.0 Å². The molecule has 30 heavy (non-hydrogen) atoms. The van der Waals surface area contributed by atoms with Crippen LogP contribution in [0.3, 0.4) is 0 Å². The molecule has 0 atom stereocenters. The Morgan fingerprint density at radius 2 is 1.67 bits per heavy atom. The summed E-state index contributed by atoms with van der Waals surface area (Å²) in [6.07, 6.45) is 0.327. The molecule has 152 valence electrons. The highest BCUT2D eigenvalue weighted by Crippen LogP contribution is 2.24. The van der Waals surface area contributed by atoms with Gasteiger partial charge in [-0.05, 0) is 48.6 Å². The molecule has 1 aliphatic rings. The summed E-state index contributed by atoms with van der Waals surface area (Å²) in [6.45, 7) is 1.95. The molecule has 0 bridgehead atoms. The van der Waals surface area contributed by atoms with Gasteiger partial charge in [0.2, 0.25) is 0 Å². The number of anilines is 3. The number of benzene rings is 2. The van der Waals surface area contributed by atoms with E-state index in [1.807, 2.05) is 43.3 Å². The van der Waals surface area contributed by atoms with E-state index in [0.717, 1.165) is 24.1 Å². The number of carboxylic acid groups (broad SMARTS) is 1. The largest absolute Gasteiger partial charge is 0.465 e. The molecule has 2 aromatic carbocycles. The highest BCUT2D eigenvalue weighted by molar-refractivity contribution is 5.95. The molecular weight excluding hydrogens is 380 g/mol. The molecule has 0 unspecified atom stereocenters. The number of aromatic nitrogens is 1. The third kappa shape index (κ3) is 4.41. The normalized spacial score (nSPS) is 12.8. The van der Waals surface area contributed by atoms with Crippen molar-refractivity contribution >= 4 is 29.2 Å². The molecule has 2 amide bonds. The van der Waals surface area contributed by atoms with Crippen molar-refractivity contribution in [3.05, 3.63) is 83.0 Å². The minimum atomic E-state index is -1.21. The molecule has 1 aliphatic carbocycles. The van der Waals surface area contributed by atoms with Gasteiger partial charge in [-0.25, -0.2) is 9.78 Å². The van der Waals surface area contributed by atoms with Gasteiger partial charge in [-0.3, -0.25) is 10.1 Å². The monoisotopic (exact) mass is 402 g/mol. The average Bonchev–Trinajstić information content (AvgIpc) is 3.11. The molecule has 1 aromatic heterocycles. The van der Waals surface area contributed by atoms with Gasteiger partial charge in [-0.15, -0.1) is 0 Å². The van der Waals surface area contributed by atoms with Crippen LogP contribution in [0.1, 0.15) is 27.2 Å². The zero-order valence-electron chi connectivity index (χ0n) is 16.5. The van der Waals surface area contributed by atoms with Crippen molar-refractivity contribution in [3.8, 4) is 0 Å². The number of fused-ring (bicyclic) bond motifs is 1. The Labute approximate surface area is 174 Å². The Kier molecular flexibility index (Phi) is 5.34. The SMILES string of the molecule is Cc1ccccc1Nc1cc(NC(=O)O)cc(C(=O)NC2Cc3ccccc3C2)n1. The molecule has 1 heterocycles. The van der Waals surface area contributed by atoms with E-state index in [0.29, 0.717) is 5.82 Å². The maximum atomic E-state index is 12.9. The van der Waals surface area contributed by atoms with E-state index in [4.69, 9.17) is 5.11 Å². The number of nitrogens with zero attached hydrogens (tertiary/aromatic N) is 1. The van der Waals surface area contributed by atoms with Crippen LogP contribution in [0.2, 0.25) is 0 Å². The third-order valence-electron chi connectivity index (χ3n) is 5.10. The number of hydrogen-bond donors (Lipinski definition) is 4. The Morgan fingerprint density at radius 1 is 1.00 bits per heavy atom. The van der Waals surface area contributed by atoms with Crippen LogP contribution in [0.25, 0.3) is 0 Å². The summed E-state index contributed by atoms with van der Waals surface area (Å²) in [5.41, 5.74) is 4.72. The first kappa shape index (κ1) is 19.4. The van der Waals surface area contributed by atoms with Crippen LogP contribution in [0.15, 0.2) is 60.7 Å². The van der Waals surface area contributed by atoms with Crippen LogP contribution in [-0.2, 0) is 12.8 Å². The van der Waals surface area contributed by atoms with Crippen LogP contribution >= 0.6 is 0 Å². The van der Waals surface area contributed by atoms with Crippen molar-refractivity contribution < 1.29 is 14.7 Å². The number of carbonyl (C=O) groups excluding carboxylic acids is 1. The van der Waals surface area contributed by atoms with Gasteiger partial charge in [-0.1, -0.05) is 42.5 Å². The number of hydrogen-bond acceptors (Lipinski definition) is 4. The van der Waals surface area contributed by atoms with Gasteiger partial charge in [0, 0.05) is 17.8 Å². The van der Waals surface area contributed by atoms with Crippen molar-refractivity contribution in [2.24, 2.45) is 0 Å². The highest BCUT2D eigenvalue weighted by atomic mass is 16.4. The van der Waals surface area contributed by atoms with E-state index in [1.165, 1.54) is 17.2 Å². The minimum absolute atomic E-state index is 0.0134. The zero-order valence-corrected chi connectivity index (χ0v) is 16.5. The van der Waals surface area contributed by atoms with E-state index in [1.54, 1.807) is 6.07 Å². The maximum Gasteiger partial charge on any atom is 0.409 e. The summed E-state index contributed by atoms with van der Waals surface area (Å²) >= 11 is 0. The number of para-hydroxylation sites is 1. The maximum absolute atomic E-state index is 12.9. The predicted molar refractivity (Wildman–Crippen MR) is 115 cm³/mol. The smallest absolute Gasteiger partial charge is 0.409 e. The Bertz CT molecular complexity index is 1090. The first-order chi connectivity index (χ1) is 14.5. The standard InChI is InChI=1S/C23H22N4O3/c1-14-6-2-5-9-19(14)26-21-13-18(25-23(29)30)12-20(27-21)22(28)24-17-10-15-7-3-4-8-16(15)11-17/h2-9,12-13,17H,10-11H2,1H3,(H,24,28)(H,29,30)(H2,25,26,27). The van der Waals surface area contributed by atoms with Crippen molar-refractivity contribution in [1.82, 2.24) is 10.3 Å². The summed E-state index contributed by atoms with van der Waals surface area (Å²) in [6, 6.07) is 18.8. The average molecular weight is 402 g/mol. The fourth-order valence-corrected chi connectivity index (χ4v) is 3.68. The molecule has 0 saturated heterocycles. The molecule has 7 heteroatoms. The Balaban J connectivity index is 1.56. The zero-order chi connectivity index (χ0) is 21.1. The number of nitrogens with one attached hydrogen (secondary N) is 3. The summed E-state index contributed by atoms with van der Waals surface area (Å²) in [5.74, 6) is 0.0464. The summed E-state index contributed by atoms with van der Waals surface area (Å²) in [7, 11) is 0. The van der Waals surface area contributed by atoms with Crippen molar-refractivity contribution in [3.63, 3.8) is 0 Å². The van der Waals surface area contributed by atoms with E-state index in [-0.39, 0.29) is 23.3 Å². The Morgan fingerprint density at radius 3 is 2.33 bits per heavy atom. The molecule has 4 N–H and O–H groups in total. The lowest BCUT2D eigenvalue weighted by Crippen LogP contribution is -2.35. The molecule has 7 nitrogen and oxygen atoms in total. The number of aryl methyl sites for hydroxylation is 1. The number of pyridine rings is 1. The van der Waals surface area contributed by atoms with Gasteiger partial charge in [0.05, 0.1) is 5.69 Å². The highest BCUT2D eigenvalue weighted by Gasteiger charge is 2.23. The lowest BCUT2D eigenvalue weighted by molar-refractivity contribution is 0.0933. The molecule has 0 fully saturated rings. The van der Waals surface area contributed by atoms with Crippen molar-refractivity contribution in [2.75, 3.05) is 10.6 Å². The summed E-state index contributed by atoms with van der Waals surface area (Å²) in [5, 5.41) is 17.6. The summed E-state index contributed by atoms with van der Waals surface area (Å²) in [4.78, 5) is 28.4. The van der Waals surface area contributed by atoms with Gasteiger partial charge in [0.25, 0.3) is 5.91 Å². The van der Waals surface area contributed by atoms with Gasteiger partial charge in [-0.2, -0.15) is 0 Å². The topological polar surface area (TPSA) is 103 Å². The molecule has 0 radical (unpaired) electrons. The van der Waals surface area contributed by atoms with E-state index >= 15 is 0 Å². The van der Waals surface area contributed by atoms with Crippen LogP contribution in [0.5, 0.6) is 0 Å². The van der Waals surface area contributed by atoms with Gasteiger partial charge < -0.3 is 15.7 Å². The molecule has 4 rings (SSSR count). The minimum Gasteiger partial charge on any atom is -0.465 e. The first-order valence-electron chi connectivity index (χ1n) is 9.70. The third-order valence-corrected chi connectivity index (χ3v) is 5.10. The first-order valence-corrected chi connectivity index (χ1v) is 9.70. The second-order valence-electron chi connectivity index (χ2n) is 7.34. The predicted octanol–water partition coefficient (Wildman–Crippen LogP) is 4.12. The lowest BCUT2D eigenvalue weighted by atomic mass is 10.1. The molecule has 0 spiro atoms. The fourth-order valence-electron chi connectivity index (χ4n) is 3.68. The number of carbonyl (C=O) groups is 2. The lowest BCUT2D eigenvalue weighted by Gasteiger charge is -2.15. The van der Waals surface area contributed by atoms with Crippen LogP contribution in [-0.4, -0.2) is 28.1 Å². The van der Waals surface area contributed by atoms with Crippen molar-refractivity contribution in [2.45, 2.75) is 25.8 Å². The van der Waals surface area contributed by atoms with E-state index < -0.39 is 6.09 Å². The number of rotatable bonds is 5. The van der Waals surface area contributed by atoms with E-state index in [2.05, 4.69) is 33.1 Å². The van der Waals surface area contributed by atoms with Crippen LogP contribution in [0.4, 0.5) is 22.0 Å². The molecule has 0 saturated carbocycles. The molecular formula is C23H22N4O3. The summed E-state index contributed by atoms with van der Waals surface area (Å²) < 4.78 is 0. The quantitative estimate of drug-likeness (QED) is 0.514. The second-order valence-corrected chi connectivity index (χ2v) is 7.34. The van der Waals surface area contributed by atoms with E-state index in [9.17, 15) is 9.59 Å².